The van der Waals surface area contributed by atoms with Crippen molar-refractivity contribution in [2.24, 2.45) is 0 Å². The number of pyridine rings is 1. The Balaban J connectivity index is 1.45. The van der Waals surface area contributed by atoms with Crippen LogP contribution < -0.4 is 0 Å². The Bertz CT molecular complexity index is 919. The Morgan fingerprint density at radius 2 is 2.27 bits per heavy atom. The minimum absolute atomic E-state index is 0.0639. The molecule has 1 aliphatic rings. The summed E-state index contributed by atoms with van der Waals surface area (Å²) in [5, 5.41) is 8.27. The predicted molar refractivity (Wildman–Crippen MR) is 97.7 cm³/mol. The van der Waals surface area contributed by atoms with E-state index in [2.05, 4.69) is 20.1 Å². The number of hydrogen-bond donors (Lipinski definition) is 0. The first-order valence-electron chi connectivity index (χ1n) is 8.38. The van der Waals surface area contributed by atoms with Gasteiger partial charge < -0.3 is 9.32 Å². The average Bonchev–Trinajstić information content (AvgIpc) is 3.28. The van der Waals surface area contributed by atoms with Crippen LogP contribution >= 0.6 is 11.3 Å². The molecule has 0 radical (unpaired) electrons. The quantitative estimate of drug-likeness (QED) is 0.703. The van der Waals surface area contributed by atoms with Gasteiger partial charge >= 0.3 is 0 Å². The first kappa shape index (κ1) is 16.9. The van der Waals surface area contributed by atoms with Gasteiger partial charge in [0.15, 0.2) is 0 Å². The second-order valence-electron chi connectivity index (χ2n) is 6.46. The van der Waals surface area contributed by atoms with Crippen molar-refractivity contribution in [1.82, 2.24) is 25.0 Å². The zero-order chi connectivity index (χ0) is 18.1. The van der Waals surface area contributed by atoms with Crippen LogP contribution in [0, 0.1) is 0 Å². The van der Waals surface area contributed by atoms with Crippen molar-refractivity contribution in [2.75, 3.05) is 20.6 Å². The molecule has 8 heteroatoms. The molecule has 134 valence electrons. The second-order valence-corrected chi connectivity index (χ2v) is 7.60. The van der Waals surface area contributed by atoms with E-state index >= 15 is 0 Å². The lowest BCUT2D eigenvalue weighted by Gasteiger charge is -2.25. The molecule has 0 bridgehead atoms. The summed E-state index contributed by atoms with van der Waals surface area (Å²) in [6.07, 6.45) is 4.35. The van der Waals surface area contributed by atoms with Crippen LogP contribution in [0.5, 0.6) is 0 Å². The molecule has 0 saturated carbocycles. The monoisotopic (exact) mass is 369 g/mol. The third-order valence-electron chi connectivity index (χ3n) is 4.30. The minimum atomic E-state index is 0.0639. The third-order valence-corrected chi connectivity index (χ3v) is 5.52. The van der Waals surface area contributed by atoms with Gasteiger partial charge in [-0.05, 0) is 30.2 Å². The van der Waals surface area contributed by atoms with Crippen LogP contribution in [-0.4, -0.2) is 51.5 Å². The molecule has 0 aliphatic carbocycles. The van der Waals surface area contributed by atoms with Crippen molar-refractivity contribution in [2.45, 2.75) is 19.5 Å². The molecule has 0 unspecified atom stereocenters. The highest BCUT2D eigenvalue weighted by atomic mass is 32.1. The van der Waals surface area contributed by atoms with Gasteiger partial charge in [-0.2, -0.15) is 0 Å². The normalized spacial score (nSPS) is 14.2. The smallest absolute Gasteiger partial charge is 0.263 e. The van der Waals surface area contributed by atoms with E-state index in [1.54, 1.807) is 42.7 Å². The molecule has 4 rings (SSSR count). The summed E-state index contributed by atoms with van der Waals surface area (Å²) in [4.78, 5) is 22.2. The maximum atomic E-state index is 12.2. The highest BCUT2D eigenvalue weighted by Crippen LogP contribution is 2.29. The fourth-order valence-corrected chi connectivity index (χ4v) is 4.15. The first-order chi connectivity index (χ1) is 12.6. The molecule has 0 spiro atoms. The molecule has 4 heterocycles. The van der Waals surface area contributed by atoms with Crippen LogP contribution in [0.4, 0.5) is 0 Å². The standard InChI is InChI=1S/C18H19N5O2S/c1-22(2)18(24)15-8-13-10-23(7-5-14(13)26-15)11-16-20-21-17(25-16)12-4-3-6-19-9-12/h3-4,6,8-9H,5,7,10-11H2,1-2H3. The van der Waals surface area contributed by atoms with Crippen molar-refractivity contribution in [1.29, 1.82) is 0 Å². The molecule has 3 aromatic rings. The fraction of sp³-hybridized carbons (Fsp3) is 0.333. The largest absolute Gasteiger partial charge is 0.419 e. The van der Waals surface area contributed by atoms with Gasteiger partial charge in [0.05, 0.1) is 17.0 Å². The fourth-order valence-electron chi connectivity index (χ4n) is 2.97. The number of carbonyl (C=O) groups excluding carboxylic acids is 1. The van der Waals surface area contributed by atoms with Crippen molar-refractivity contribution in [3.05, 3.63) is 51.8 Å². The summed E-state index contributed by atoms with van der Waals surface area (Å²) in [6, 6.07) is 5.75. The zero-order valence-electron chi connectivity index (χ0n) is 14.7. The molecular formula is C18H19N5O2S. The Kier molecular flexibility index (Phi) is 4.52. The summed E-state index contributed by atoms with van der Waals surface area (Å²) in [6.45, 7) is 2.30. The summed E-state index contributed by atoms with van der Waals surface area (Å²) in [5.74, 6) is 1.14. The number of fused-ring (bicyclic) bond motifs is 1. The van der Waals surface area contributed by atoms with E-state index in [-0.39, 0.29) is 5.91 Å². The Hall–Kier alpha value is -2.58. The predicted octanol–water partition coefficient (Wildman–Crippen LogP) is 2.45. The molecule has 1 amide bonds. The van der Waals surface area contributed by atoms with E-state index in [4.69, 9.17) is 4.42 Å². The van der Waals surface area contributed by atoms with Crippen LogP contribution in [0.15, 0.2) is 35.0 Å². The Morgan fingerprint density at radius 1 is 1.38 bits per heavy atom. The summed E-state index contributed by atoms with van der Waals surface area (Å²) in [5.41, 5.74) is 2.04. The Morgan fingerprint density at radius 3 is 3.04 bits per heavy atom. The SMILES string of the molecule is CN(C)C(=O)c1cc2c(s1)CCN(Cc1nnc(-c3cccnc3)o1)C2. The van der Waals surface area contributed by atoms with Gasteiger partial charge in [-0.15, -0.1) is 21.5 Å². The van der Waals surface area contributed by atoms with Crippen LogP contribution in [0.3, 0.4) is 0 Å². The molecule has 0 aromatic carbocycles. The summed E-state index contributed by atoms with van der Waals surface area (Å²) >= 11 is 1.61. The number of nitrogens with zero attached hydrogens (tertiary/aromatic N) is 5. The van der Waals surface area contributed by atoms with E-state index in [0.29, 0.717) is 18.3 Å². The van der Waals surface area contributed by atoms with E-state index in [1.165, 1.54) is 10.4 Å². The molecule has 0 fully saturated rings. The van der Waals surface area contributed by atoms with Gasteiger partial charge in [0.25, 0.3) is 5.91 Å². The summed E-state index contributed by atoms with van der Waals surface area (Å²) in [7, 11) is 3.56. The van der Waals surface area contributed by atoms with Crippen molar-refractivity contribution >= 4 is 17.2 Å². The number of rotatable bonds is 4. The van der Waals surface area contributed by atoms with Gasteiger partial charge in [-0.1, -0.05) is 0 Å². The van der Waals surface area contributed by atoms with Crippen molar-refractivity contribution in [3.8, 4) is 11.5 Å². The lowest BCUT2D eigenvalue weighted by molar-refractivity contribution is 0.0832. The molecular weight excluding hydrogens is 350 g/mol. The van der Waals surface area contributed by atoms with E-state index in [1.807, 2.05) is 18.2 Å². The van der Waals surface area contributed by atoms with E-state index in [0.717, 1.165) is 30.0 Å². The van der Waals surface area contributed by atoms with Gasteiger partial charge in [-0.25, -0.2) is 0 Å². The molecule has 26 heavy (non-hydrogen) atoms. The maximum Gasteiger partial charge on any atom is 0.263 e. The highest BCUT2D eigenvalue weighted by molar-refractivity contribution is 7.14. The van der Waals surface area contributed by atoms with Crippen LogP contribution in [0.2, 0.25) is 0 Å². The lowest BCUT2D eigenvalue weighted by Crippen LogP contribution is -2.29. The van der Waals surface area contributed by atoms with E-state index < -0.39 is 0 Å². The lowest BCUT2D eigenvalue weighted by atomic mass is 10.1. The summed E-state index contributed by atoms with van der Waals surface area (Å²) < 4.78 is 5.77. The van der Waals surface area contributed by atoms with Crippen LogP contribution in [-0.2, 0) is 19.5 Å². The van der Waals surface area contributed by atoms with Gasteiger partial charge in [0.1, 0.15) is 0 Å². The average molecular weight is 369 g/mol. The van der Waals surface area contributed by atoms with Gasteiger partial charge in [0.2, 0.25) is 11.8 Å². The molecule has 0 N–H and O–H groups in total. The van der Waals surface area contributed by atoms with Crippen LogP contribution in [0.1, 0.15) is 26.0 Å². The number of thiophene rings is 1. The zero-order valence-corrected chi connectivity index (χ0v) is 15.5. The number of aromatic nitrogens is 3. The van der Waals surface area contributed by atoms with Crippen molar-refractivity contribution in [3.63, 3.8) is 0 Å². The highest BCUT2D eigenvalue weighted by Gasteiger charge is 2.23. The molecule has 1 aliphatic heterocycles. The van der Waals surface area contributed by atoms with Crippen molar-refractivity contribution < 1.29 is 9.21 Å². The number of hydrogen-bond acceptors (Lipinski definition) is 7. The van der Waals surface area contributed by atoms with Gasteiger partial charge in [0, 0.05) is 44.5 Å². The van der Waals surface area contributed by atoms with Gasteiger partial charge in [-0.3, -0.25) is 14.7 Å². The number of amides is 1. The molecule has 0 atom stereocenters. The second kappa shape index (κ2) is 6.97. The maximum absolute atomic E-state index is 12.2. The van der Waals surface area contributed by atoms with Crippen LogP contribution in [0.25, 0.3) is 11.5 Å². The molecule has 7 nitrogen and oxygen atoms in total. The molecule has 3 aromatic heterocycles. The topological polar surface area (TPSA) is 75.4 Å². The first-order valence-corrected chi connectivity index (χ1v) is 9.20. The molecule has 0 saturated heterocycles. The Labute approximate surface area is 155 Å². The third kappa shape index (κ3) is 3.38. The number of carbonyl (C=O) groups is 1. The minimum Gasteiger partial charge on any atom is -0.419 e. The van der Waals surface area contributed by atoms with E-state index in [9.17, 15) is 4.79 Å².